The first-order chi connectivity index (χ1) is 9.85. The molecule has 1 aromatic carbocycles. The zero-order chi connectivity index (χ0) is 15.9. The molecule has 0 fully saturated rings. The van der Waals surface area contributed by atoms with Crippen molar-refractivity contribution in [3.8, 4) is 11.5 Å². The van der Waals surface area contributed by atoms with Crippen LogP contribution in [0.25, 0.3) is 0 Å². The Kier molecular flexibility index (Phi) is 6.24. The van der Waals surface area contributed by atoms with Gasteiger partial charge in [0, 0.05) is 12.1 Å². The van der Waals surface area contributed by atoms with Crippen LogP contribution in [0, 0.1) is 0 Å². The maximum atomic E-state index is 11.7. The van der Waals surface area contributed by atoms with Crippen molar-refractivity contribution >= 4 is 5.91 Å². The summed E-state index contributed by atoms with van der Waals surface area (Å²) in [5.41, 5.74) is 6.43. The number of allylic oxidation sites excluding steroid dienone is 1. The molecule has 0 saturated heterocycles. The Balaban J connectivity index is 2.58. The topological polar surface area (TPSA) is 73.6 Å². The molecule has 5 nitrogen and oxygen atoms in total. The molecule has 116 valence electrons. The van der Waals surface area contributed by atoms with Crippen LogP contribution in [-0.4, -0.2) is 31.7 Å². The van der Waals surface area contributed by atoms with Crippen LogP contribution in [0.2, 0.25) is 0 Å². The molecule has 3 N–H and O–H groups in total. The van der Waals surface area contributed by atoms with E-state index in [0.29, 0.717) is 18.0 Å². The zero-order valence-electron chi connectivity index (χ0n) is 12.9. The van der Waals surface area contributed by atoms with Crippen molar-refractivity contribution in [2.45, 2.75) is 25.8 Å². The summed E-state index contributed by atoms with van der Waals surface area (Å²) in [5.74, 6) is 0.916. The Morgan fingerprint density at radius 2 is 2.14 bits per heavy atom. The van der Waals surface area contributed by atoms with Gasteiger partial charge in [0.2, 0.25) is 0 Å². The Hall–Kier alpha value is -2.01. The summed E-state index contributed by atoms with van der Waals surface area (Å²) in [6.45, 7) is 7.70. The van der Waals surface area contributed by atoms with E-state index < -0.39 is 5.54 Å². The second-order valence-electron chi connectivity index (χ2n) is 5.53. The van der Waals surface area contributed by atoms with Gasteiger partial charge >= 0.3 is 0 Å². The Morgan fingerprint density at radius 3 is 2.71 bits per heavy atom. The molecular weight excluding hydrogens is 268 g/mol. The van der Waals surface area contributed by atoms with Crippen molar-refractivity contribution < 1.29 is 14.3 Å². The Labute approximate surface area is 126 Å². The standard InChI is InChI=1S/C16H24N2O3/c1-5-6-12-7-8-13(14(9-12)20-4)21-10-15(19)18-11-16(2,3)17/h5,7-9H,1,6,10-11,17H2,2-4H3,(H,18,19). The first kappa shape index (κ1) is 17.0. The molecule has 0 bridgehead atoms. The largest absolute Gasteiger partial charge is 0.493 e. The maximum absolute atomic E-state index is 11.7. The highest BCUT2D eigenvalue weighted by Gasteiger charge is 2.13. The number of carbonyl (C=O) groups excluding carboxylic acids is 1. The SMILES string of the molecule is C=CCc1ccc(OCC(=O)NCC(C)(C)N)c(OC)c1. The number of nitrogens with two attached hydrogens (primary N) is 1. The van der Waals surface area contributed by atoms with Crippen LogP contribution in [0.3, 0.4) is 0 Å². The highest BCUT2D eigenvalue weighted by molar-refractivity contribution is 5.77. The van der Waals surface area contributed by atoms with Crippen LogP contribution in [0.15, 0.2) is 30.9 Å². The lowest BCUT2D eigenvalue weighted by Crippen LogP contribution is -2.46. The average molecular weight is 292 g/mol. The minimum Gasteiger partial charge on any atom is -0.493 e. The molecule has 0 atom stereocenters. The fourth-order valence-corrected chi connectivity index (χ4v) is 1.65. The van der Waals surface area contributed by atoms with Crippen molar-refractivity contribution in [3.63, 3.8) is 0 Å². The smallest absolute Gasteiger partial charge is 0.258 e. The number of ether oxygens (including phenoxy) is 2. The molecule has 0 aliphatic carbocycles. The summed E-state index contributed by atoms with van der Waals surface area (Å²) in [6, 6.07) is 5.58. The number of amides is 1. The number of hydrogen-bond acceptors (Lipinski definition) is 4. The molecule has 0 spiro atoms. The van der Waals surface area contributed by atoms with Gasteiger partial charge in [0.25, 0.3) is 5.91 Å². The van der Waals surface area contributed by atoms with Crippen LogP contribution in [0.4, 0.5) is 0 Å². The molecule has 1 amide bonds. The molecule has 0 unspecified atom stereocenters. The van der Waals surface area contributed by atoms with Crippen molar-refractivity contribution in [2.24, 2.45) is 5.73 Å². The quantitative estimate of drug-likeness (QED) is 0.715. The van der Waals surface area contributed by atoms with Crippen LogP contribution < -0.4 is 20.5 Å². The highest BCUT2D eigenvalue weighted by atomic mass is 16.5. The predicted molar refractivity (Wildman–Crippen MR) is 83.7 cm³/mol. The summed E-state index contributed by atoms with van der Waals surface area (Å²) in [6.07, 6.45) is 2.57. The van der Waals surface area contributed by atoms with Gasteiger partial charge in [-0.1, -0.05) is 12.1 Å². The normalized spacial score (nSPS) is 10.9. The van der Waals surface area contributed by atoms with Gasteiger partial charge < -0.3 is 20.5 Å². The van der Waals surface area contributed by atoms with Crippen LogP contribution in [0.5, 0.6) is 11.5 Å². The summed E-state index contributed by atoms with van der Waals surface area (Å²) in [7, 11) is 1.57. The Morgan fingerprint density at radius 1 is 1.43 bits per heavy atom. The van der Waals surface area contributed by atoms with Crippen molar-refractivity contribution in [1.82, 2.24) is 5.32 Å². The second kappa shape index (κ2) is 7.69. The monoisotopic (exact) mass is 292 g/mol. The van der Waals surface area contributed by atoms with Gasteiger partial charge in [-0.2, -0.15) is 0 Å². The van der Waals surface area contributed by atoms with Crippen LogP contribution in [-0.2, 0) is 11.2 Å². The molecule has 1 rings (SSSR count). The lowest BCUT2D eigenvalue weighted by molar-refractivity contribution is -0.123. The Bertz CT molecular complexity index is 493. The fraction of sp³-hybridized carbons (Fsp3) is 0.438. The number of benzene rings is 1. The van der Waals surface area contributed by atoms with Gasteiger partial charge in [0.05, 0.1) is 7.11 Å². The molecule has 0 heterocycles. The number of nitrogens with one attached hydrogen (secondary N) is 1. The first-order valence-electron chi connectivity index (χ1n) is 6.82. The summed E-state index contributed by atoms with van der Waals surface area (Å²) in [4.78, 5) is 11.7. The average Bonchev–Trinajstić information content (AvgIpc) is 2.43. The minimum atomic E-state index is -0.445. The molecule has 0 radical (unpaired) electrons. The van der Waals surface area contributed by atoms with Crippen molar-refractivity contribution in [3.05, 3.63) is 36.4 Å². The van der Waals surface area contributed by atoms with E-state index in [2.05, 4.69) is 11.9 Å². The maximum Gasteiger partial charge on any atom is 0.258 e. The van der Waals surface area contributed by atoms with Gasteiger partial charge in [-0.3, -0.25) is 4.79 Å². The van der Waals surface area contributed by atoms with E-state index in [1.165, 1.54) is 0 Å². The predicted octanol–water partition coefficient (Wildman–Crippen LogP) is 1.66. The molecule has 21 heavy (non-hydrogen) atoms. The molecule has 1 aromatic rings. The third kappa shape index (κ3) is 6.31. The third-order valence-corrected chi connectivity index (χ3v) is 2.71. The third-order valence-electron chi connectivity index (χ3n) is 2.71. The highest BCUT2D eigenvalue weighted by Crippen LogP contribution is 2.28. The van der Waals surface area contributed by atoms with Gasteiger partial charge in [0.15, 0.2) is 18.1 Å². The number of rotatable bonds is 8. The van der Waals surface area contributed by atoms with Crippen molar-refractivity contribution in [1.29, 1.82) is 0 Å². The van der Waals surface area contributed by atoms with Crippen LogP contribution in [0.1, 0.15) is 19.4 Å². The van der Waals surface area contributed by atoms with Gasteiger partial charge in [-0.15, -0.1) is 6.58 Å². The van der Waals surface area contributed by atoms with Crippen LogP contribution >= 0.6 is 0 Å². The molecule has 0 aliphatic rings. The van der Waals surface area contributed by atoms with Gasteiger partial charge in [-0.05, 0) is 38.0 Å². The van der Waals surface area contributed by atoms with E-state index in [-0.39, 0.29) is 12.5 Å². The minimum absolute atomic E-state index is 0.0761. The second-order valence-corrected chi connectivity index (χ2v) is 5.53. The van der Waals surface area contributed by atoms with Crippen molar-refractivity contribution in [2.75, 3.05) is 20.3 Å². The number of carbonyl (C=O) groups is 1. The lowest BCUT2D eigenvalue weighted by Gasteiger charge is -2.19. The van der Waals surface area contributed by atoms with E-state index in [4.69, 9.17) is 15.2 Å². The molecule has 0 aliphatic heterocycles. The molecule has 0 saturated carbocycles. The van der Waals surface area contributed by atoms with E-state index in [1.54, 1.807) is 13.2 Å². The summed E-state index contributed by atoms with van der Waals surface area (Å²) in [5, 5.41) is 2.72. The first-order valence-corrected chi connectivity index (χ1v) is 6.82. The molecule has 5 heteroatoms. The van der Waals surface area contributed by atoms with Gasteiger partial charge in [0.1, 0.15) is 0 Å². The van der Waals surface area contributed by atoms with E-state index >= 15 is 0 Å². The summed E-state index contributed by atoms with van der Waals surface area (Å²) >= 11 is 0. The van der Waals surface area contributed by atoms with E-state index in [0.717, 1.165) is 12.0 Å². The molecule has 0 aromatic heterocycles. The number of methoxy groups -OCH3 is 1. The summed E-state index contributed by atoms with van der Waals surface area (Å²) < 4.78 is 10.8. The molecular formula is C16H24N2O3. The number of hydrogen-bond donors (Lipinski definition) is 2. The zero-order valence-corrected chi connectivity index (χ0v) is 12.9. The fourth-order valence-electron chi connectivity index (χ4n) is 1.65. The van der Waals surface area contributed by atoms with E-state index in [9.17, 15) is 4.79 Å². The van der Waals surface area contributed by atoms with E-state index in [1.807, 2.05) is 32.1 Å². The van der Waals surface area contributed by atoms with Gasteiger partial charge in [-0.25, -0.2) is 0 Å². The lowest BCUT2D eigenvalue weighted by atomic mass is 10.1.